The Kier molecular flexibility index (Phi) is 2.62. The number of nitrogens with one attached hydrogen (secondary N) is 2. The van der Waals surface area contributed by atoms with Crippen molar-refractivity contribution >= 4 is 17.0 Å². The summed E-state index contributed by atoms with van der Waals surface area (Å²) in [6.07, 6.45) is 6.81. The van der Waals surface area contributed by atoms with E-state index in [9.17, 15) is 9.59 Å². The molecule has 3 rings (SSSR count). The van der Waals surface area contributed by atoms with Crippen molar-refractivity contribution < 1.29 is 9.21 Å². The van der Waals surface area contributed by atoms with Crippen LogP contribution in [0.15, 0.2) is 21.8 Å². The fourth-order valence-electron chi connectivity index (χ4n) is 2.38. The van der Waals surface area contributed by atoms with E-state index in [4.69, 9.17) is 4.42 Å². The lowest BCUT2D eigenvalue weighted by atomic mass is 10.2. The predicted octanol–water partition coefficient (Wildman–Crippen LogP) is 1.19. The van der Waals surface area contributed by atoms with Crippen molar-refractivity contribution in [1.82, 2.24) is 15.3 Å². The highest BCUT2D eigenvalue weighted by molar-refractivity contribution is 6.04. The number of amides is 1. The van der Waals surface area contributed by atoms with Crippen molar-refractivity contribution in [3.8, 4) is 0 Å². The molecule has 1 saturated carbocycles. The summed E-state index contributed by atoms with van der Waals surface area (Å²) in [4.78, 5) is 30.1. The SMILES string of the molecule is O=C(NC1CCCC1)c1coc2nc[nH]c(=O)c12. The van der Waals surface area contributed by atoms with Crippen LogP contribution < -0.4 is 10.9 Å². The van der Waals surface area contributed by atoms with Crippen LogP contribution in [0.1, 0.15) is 36.0 Å². The van der Waals surface area contributed by atoms with E-state index in [1.165, 1.54) is 12.6 Å². The maximum Gasteiger partial charge on any atom is 0.262 e. The second-order valence-electron chi connectivity index (χ2n) is 4.52. The summed E-state index contributed by atoms with van der Waals surface area (Å²) >= 11 is 0. The second kappa shape index (κ2) is 4.29. The minimum atomic E-state index is -0.356. The molecule has 18 heavy (non-hydrogen) atoms. The molecule has 2 heterocycles. The molecule has 0 radical (unpaired) electrons. The molecular formula is C12H13N3O3. The molecule has 0 saturated heterocycles. The third-order valence-corrected chi connectivity index (χ3v) is 3.31. The Morgan fingerprint density at radius 3 is 3.00 bits per heavy atom. The molecule has 0 aromatic carbocycles. The lowest BCUT2D eigenvalue weighted by Crippen LogP contribution is -2.32. The topological polar surface area (TPSA) is 88.0 Å². The van der Waals surface area contributed by atoms with Gasteiger partial charge >= 0.3 is 0 Å². The molecule has 1 amide bonds. The van der Waals surface area contributed by atoms with Crippen LogP contribution in [0.3, 0.4) is 0 Å². The molecule has 6 nitrogen and oxygen atoms in total. The normalized spacial score (nSPS) is 16.2. The number of carbonyl (C=O) groups is 1. The van der Waals surface area contributed by atoms with Crippen molar-refractivity contribution in [3.05, 3.63) is 28.5 Å². The molecule has 0 atom stereocenters. The number of H-pyrrole nitrogens is 1. The van der Waals surface area contributed by atoms with Gasteiger partial charge in [-0.1, -0.05) is 12.8 Å². The fraction of sp³-hybridized carbons (Fsp3) is 0.417. The van der Waals surface area contributed by atoms with Gasteiger partial charge in [-0.15, -0.1) is 0 Å². The second-order valence-corrected chi connectivity index (χ2v) is 4.52. The third-order valence-electron chi connectivity index (χ3n) is 3.31. The Morgan fingerprint density at radius 1 is 1.44 bits per heavy atom. The Morgan fingerprint density at radius 2 is 2.22 bits per heavy atom. The number of carbonyl (C=O) groups excluding carboxylic acids is 1. The molecule has 94 valence electrons. The van der Waals surface area contributed by atoms with E-state index < -0.39 is 0 Å². The van der Waals surface area contributed by atoms with E-state index in [0.29, 0.717) is 0 Å². The van der Waals surface area contributed by atoms with Crippen molar-refractivity contribution in [2.75, 3.05) is 0 Å². The zero-order valence-corrected chi connectivity index (χ0v) is 9.73. The molecule has 2 N–H and O–H groups in total. The van der Waals surface area contributed by atoms with E-state index >= 15 is 0 Å². The summed E-state index contributed by atoms with van der Waals surface area (Å²) in [6.45, 7) is 0. The van der Waals surface area contributed by atoms with Crippen LogP contribution in [0, 0.1) is 0 Å². The highest BCUT2D eigenvalue weighted by Crippen LogP contribution is 2.19. The molecule has 0 unspecified atom stereocenters. The number of aromatic nitrogens is 2. The molecule has 2 aromatic heterocycles. The van der Waals surface area contributed by atoms with Crippen molar-refractivity contribution in [2.24, 2.45) is 0 Å². The lowest BCUT2D eigenvalue weighted by molar-refractivity contribution is 0.0938. The summed E-state index contributed by atoms with van der Waals surface area (Å²) in [5.74, 6) is -0.265. The van der Waals surface area contributed by atoms with Gasteiger partial charge in [0.15, 0.2) is 0 Å². The molecule has 1 fully saturated rings. The Balaban J connectivity index is 1.94. The summed E-state index contributed by atoms with van der Waals surface area (Å²) in [5, 5.41) is 3.14. The monoisotopic (exact) mass is 247 g/mol. The minimum absolute atomic E-state index is 0.190. The van der Waals surface area contributed by atoms with Crippen molar-refractivity contribution in [3.63, 3.8) is 0 Å². The predicted molar refractivity (Wildman–Crippen MR) is 64.4 cm³/mol. The number of furan rings is 1. The lowest BCUT2D eigenvalue weighted by Gasteiger charge is -2.10. The number of fused-ring (bicyclic) bond motifs is 1. The fourth-order valence-corrected chi connectivity index (χ4v) is 2.38. The summed E-state index contributed by atoms with van der Waals surface area (Å²) in [6, 6.07) is 0.207. The van der Waals surface area contributed by atoms with Gasteiger partial charge in [-0.2, -0.15) is 0 Å². The molecule has 1 aliphatic carbocycles. The molecule has 1 aliphatic rings. The zero-order chi connectivity index (χ0) is 12.5. The van der Waals surface area contributed by atoms with Crippen LogP contribution >= 0.6 is 0 Å². The van der Waals surface area contributed by atoms with Gasteiger partial charge < -0.3 is 14.7 Å². The largest absolute Gasteiger partial charge is 0.445 e. The number of aromatic amines is 1. The average Bonchev–Trinajstić information content (AvgIpc) is 2.97. The first-order chi connectivity index (χ1) is 8.75. The van der Waals surface area contributed by atoms with Crippen LogP contribution in [0.4, 0.5) is 0 Å². The van der Waals surface area contributed by atoms with Gasteiger partial charge in [-0.25, -0.2) is 4.98 Å². The molecule has 0 aliphatic heterocycles. The number of nitrogens with zero attached hydrogens (tertiary/aromatic N) is 1. The Hall–Kier alpha value is -2.11. The zero-order valence-electron chi connectivity index (χ0n) is 9.73. The highest BCUT2D eigenvalue weighted by atomic mass is 16.3. The smallest absolute Gasteiger partial charge is 0.262 e. The molecule has 0 bridgehead atoms. The first-order valence-electron chi connectivity index (χ1n) is 6.01. The van der Waals surface area contributed by atoms with Gasteiger partial charge in [0.05, 0.1) is 11.9 Å². The molecular weight excluding hydrogens is 234 g/mol. The number of hydrogen-bond acceptors (Lipinski definition) is 4. The molecule has 2 aromatic rings. The third kappa shape index (κ3) is 1.79. The molecule has 0 spiro atoms. The number of rotatable bonds is 2. The Bertz CT molecular complexity index is 637. The van der Waals surface area contributed by atoms with Gasteiger partial charge in [-0.3, -0.25) is 9.59 Å². The van der Waals surface area contributed by atoms with Gasteiger partial charge in [0.25, 0.3) is 11.5 Å². The Labute approximate surface area is 102 Å². The van der Waals surface area contributed by atoms with Crippen LogP contribution in [-0.2, 0) is 0 Å². The van der Waals surface area contributed by atoms with Crippen LogP contribution in [0.5, 0.6) is 0 Å². The summed E-state index contributed by atoms with van der Waals surface area (Å²) in [5.41, 5.74) is 0.0897. The van der Waals surface area contributed by atoms with Crippen molar-refractivity contribution in [2.45, 2.75) is 31.7 Å². The maximum absolute atomic E-state index is 12.1. The minimum Gasteiger partial charge on any atom is -0.445 e. The van der Waals surface area contributed by atoms with Gasteiger partial charge in [-0.05, 0) is 12.8 Å². The van der Waals surface area contributed by atoms with Gasteiger partial charge in [0.1, 0.15) is 11.6 Å². The van der Waals surface area contributed by atoms with Gasteiger partial charge in [0, 0.05) is 6.04 Å². The van der Waals surface area contributed by atoms with Crippen LogP contribution in [0.2, 0.25) is 0 Å². The highest BCUT2D eigenvalue weighted by Gasteiger charge is 2.22. The van der Waals surface area contributed by atoms with Crippen LogP contribution in [-0.4, -0.2) is 21.9 Å². The van der Waals surface area contributed by atoms with E-state index in [-0.39, 0.29) is 34.2 Å². The van der Waals surface area contributed by atoms with E-state index in [1.54, 1.807) is 0 Å². The number of hydrogen-bond donors (Lipinski definition) is 2. The van der Waals surface area contributed by atoms with E-state index in [0.717, 1.165) is 25.7 Å². The van der Waals surface area contributed by atoms with Crippen molar-refractivity contribution in [1.29, 1.82) is 0 Å². The first-order valence-corrected chi connectivity index (χ1v) is 6.01. The first kappa shape index (κ1) is 11.0. The summed E-state index contributed by atoms with van der Waals surface area (Å²) in [7, 11) is 0. The van der Waals surface area contributed by atoms with E-state index in [1.807, 2.05) is 0 Å². The van der Waals surface area contributed by atoms with Gasteiger partial charge in [0.2, 0.25) is 5.71 Å². The molecule has 6 heteroatoms. The maximum atomic E-state index is 12.1. The van der Waals surface area contributed by atoms with Crippen LogP contribution in [0.25, 0.3) is 11.1 Å². The van der Waals surface area contributed by atoms with E-state index in [2.05, 4.69) is 15.3 Å². The average molecular weight is 247 g/mol. The standard InChI is InChI=1S/C12H13N3O3/c16-10(15-7-3-1-2-4-7)8-5-18-12-9(8)11(17)13-6-14-12/h5-7H,1-4H2,(H,15,16)(H,13,14,17). The quantitative estimate of drug-likeness (QED) is 0.834. The summed E-state index contributed by atoms with van der Waals surface area (Å²) < 4.78 is 5.12.